The molecule has 6 N–H and O–H groups in total. The van der Waals surface area contributed by atoms with Crippen LogP contribution in [0, 0.1) is 0 Å². The number of aldehydes is 1. The first-order chi connectivity index (χ1) is 19.5. The van der Waals surface area contributed by atoms with Gasteiger partial charge >= 0.3 is 0 Å². The number of aromatic nitrogens is 3. The number of hydrogen-bond donors (Lipinski definition) is 6. The molecule has 0 saturated heterocycles. The SMILES string of the molecule is CNCCNCCCCCC(=O)NO.C[C@@H](Nc1ncnc2[nH]c(-c3ccc(C=O)cc3)cc12)c1ccccc1. The van der Waals surface area contributed by atoms with Gasteiger partial charge in [0.1, 0.15) is 24.1 Å². The van der Waals surface area contributed by atoms with Crippen LogP contribution in [0.2, 0.25) is 0 Å². The molecule has 1 amide bonds. The van der Waals surface area contributed by atoms with E-state index in [1.807, 2.05) is 43.4 Å². The maximum atomic E-state index is 10.8. The van der Waals surface area contributed by atoms with E-state index in [2.05, 4.69) is 50.0 Å². The molecule has 0 aliphatic heterocycles. The molecule has 0 unspecified atom stereocenters. The molecule has 0 bridgehead atoms. The molecule has 2 aromatic carbocycles. The van der Waals surface area contributed by atoms with Crippen molar-refractivity contribution in [3.63, 3.8) is 0 Å². The molecule has 212 valence electrons. The quantitative estimate of drug-likeness (QED) is 0.0589. The van der Waals surface area contributed by atoms with Crippen LogP contribution in [-0.4, -0.2) is 59.0 Å². The number of nitrogens with one attached hydrogen (secondary N) is 5. The van der Waals surface area contributed by atoms with Crippen LogP contribution in [-0.2, 0) is 4.79 Å². The number of hydrogen-bond acceptors (Lipinski definition) is 8. The number of carbonyl (C=O) groups is 2. The third kappa shape index (κ3) is 9.57. The predicted molar refractivity (Wildman–Crippen MR) is 158 cm³/mol. The van der Waals surface area contributed by atoms with E-state index in [0.29, 0.717) is 12.0 Å². The van der Waals surface area contributed by atoms with E-state index in [4.69, 9.17) is 5.21 Å². The summed E-state index contributed by atoms with van der Waals surface area (Å²) in [7, 11) is 1.93. The summed E-state index contributed by atoms with van der Waals surface area (Å²) in [5.74, 6) is 0.492. The number of nitrogens with zero attached hydrogens (tertiary/aromatic N) is 2. The molecule has 4 rings (SSSR count). The zero-order chi connectivity index (χ0) is 28.6. The molecular weight excluding hydrogens is 506 g/mol. The van der Waals surface area contributed by atoms with Crippen LogP contribution in [0.15, 0.2) is 67.0 Å². The van der Waals surface area contributed by atoms with Crippen LogP contribution in [0.25, 0.3) is 22.3 Å². The largest absolute Gasteiger partial charge is 0.363 e. The second-order valence-corrected chi connectivity index (χ2v) is 9.38. The van der Waals surface area contributed by atoms with Gasteiger partial charge < -0.3 is 20.9 Å². The van der Waals surface area contributed by atoms with Gasteiger partial charge in [0.2, 0.25) is 5.91 Å². The third-order valence-electron chi connectivity index (χ3n) is 6.37. The number of H-pyrrole nitrogens is 1. The second kappa shape index (κ2) is 16.8. The van der Waals surface area contributed by atoms with Gasteiger partial charge in [-0.3, -0.25) is 14.8 Å². The summed E-state index contributed by atoms with van der Waals surface area (Å²) in [6.07, 6.45) is 5.72. The topological polar surface area (TPSA) is 144 Å². The fourth-order valence-electron chi connectivity index (χ4n) is 4.09. The van der Waals surface area contributed by atoms with Gasteiger partial charge in [-0.15, -0.1) is 0 Å². The van der Waals surface area contributed by atoms with E-state index in [9.17, 15) is 9.59 Å². The average molecular weight is 546 g/mol. The molecule has 1 atom stereocenters. The molecule has 0 spiro atoms. The Morgan fingerprint density at radius 2 is 1.77 bits per heavy atom. The van der Waals surface area contributed by atoms with Crippen molar-refractivity contribution in [1.29, 1.82) is 0 Å². The first-order valence-electron chi connectivity index (χ1n) is 13.5. The van der Waals surface area contributed by atoms with E-state index in [1.54, 1.807) is 23.9 Å². The fraction of sp³-hybridized carbons (Fsp3) is 0.333. The maximum Gasteiger partial charge on any atom is 0.243 e. The van der Waals surface area contributed by atoms with Gasteiger partial charge in [0.05, 0.1) is 5.39 Å². The molecule has 0 saturated carbocycles. The normalized spacial score (nSPS) is 11.4. The Morgan fingerprint density at radius 3 is 2.48 bits per heavy atom. The Bertz CT molecular complexity index is 1310. The van der Waals surface area contributed by atoms with Crippen molar-refractivity contribution in [2.45, 2.75) is 38.6 Å². The van der Waals surface area contributed by atoms with Gasteiger partial charge in [-0.1, -0.05) is 61.0 Å². The van der Waals surface area contributed by atoms with Crippen LogP contribution < -0.4 is 21.4 Å². The van der Waals surface area contributed by atoms with Crippen molar-refractivity contribution >= 4 is 29.0 Å². The molecule has 10 heteroatoms. The molecule has 0 aliphatic rings. The minimum atomic E-state index is -0.298. The summed E-state index contributed by atoms with van der Waals surface area (Å²) in [6.45, 7) is 5.05. The number of anilines is 1. The van der Waals surface area contributed by atoms with Crippen LogP contribution in [0.5, 0.6) is 0 Å². The lowest BCUT2D eigenvalue weighted by atomic mass is 10.1. The molecule has 0 fully saturated rings. The lowest BCUT2D eigenvalue weighted by molar-refractivity contribution is -0.129. The summed E-state index contributed by atoms with van der Waals surface area (Å²) in [5, 5.41) is 18.9. The Labute approximate surface area is 235 Å². The Hall–Kier alpha value is -4.12. The first-order valence-corrected chi connectivity index (χ1v) is 13.5. The van der Waals surface area contributed by atoms with Gasteiger partial charge in [-0.2, -0.15) is 0 Å². The van der Waals surface area contributed by atoms with Crippen LogP contribution in [0.3, 0.4) is 0 Å². The van der Waals surface area contributed by atoms with E-state index in [-0.39, 0.29) is 11.9 Å². The van der Waals surface area contributed by atoms with E-state index in [1.165, 1.54) is 5.56 Å². The van der Waals surface area contributed by atoms with Crippen molar-refractivity contribution in [2.24, 2.45) is 0 Å². The third-order valence-corrected chi connectivity index (χ3v) is 6.37. The second-order valence-electron chi connectivity index (χ2n) is 9.38. The van der Waals surface area contributed by atoms with Crippen LogP contribution in [0.1, 0.15) is 54.6 Å². The number of carbonyl (C=O) groups excluding carboxylic acids is 2. The number of benzene rings is 2. The number of unbranched alkanes of at least 4 members (excludes halogenated alkanes) is 2. The maximum absolute atomic E-state index is 10.8. The standard InChI is InChI=1S/C21H18N4O.C9H21N3O2/c1-14(16-5-3-2-4-6-16)24-20-18-11-19(25-21(18)23-13-22-20)17-9-7-15(12-26)8-10-17;1-10-7-8-11-6-4-2-3-5-9(13)12-14/h2-14H,1H3,(H2,22,23,24,25);10-11,14H,2-8H2,1H3,(H,12,13)/t14-;/m1./s1. The zero-order valence-corrected chi connectivity index (χ0v) is 23.1. The van der Waals surface area contributed by atoms with Crippen LogP contribution in [0.4, 0.5) is 5.82 Å². The lowest BCUT2D eigenvalue weighted by Gasteiger charge is -2.15. The molecule has 40 heavy (non-hydrogen) atoms. The summed E-state index contributed by atoms with van der Waals surface area (Å²) in [5.41, 5.74) is 6.18. The van der Waals surface area contributed by atoms with Crippen LogP contribution >= 0.6 is 0 Å². The predicted octanol–water partition coefficient (Wildman–Crippen LogP) is 4.47. The van der Waals surface area contributed by atoms with E-state index in [0.717, 1.165) is 73.3 Å². The van der Waals surface area contributed by atoms with Gasteiger partial charge in [-0.05, 0) is 50.6 Å². The molecule has 0 radical (unpaired) electrons. The Kier molecular flexibility index (Phi) is 12.7. The number of fused-ring (bicyclic) bond motifs is 1. The molecule has 10 nitrogen and oxygen atoms in total. The smallest absolute Gasteiger partial charge is 0.243 e. The highest BCUT2D eigenvalue weighted by Gasteiger charge is 2.12. The highest BCUT2D eigenvalue weighted by Crippen LogP contribution is 2.28. The van der Waals surface area contributed by atoms with Gasteiger partial charge in [-0.25, -0.2) is 15.4 Å². The van der Waals surface area contributed by atoms with Crippen molar-refractivity contribution in [3.05, 3.63) is 78.1 Å². The number of likely N-dealkylation sites (N-methyl/N-ethyl adjacent to an activating group) is 1. The molecule has 2 aromatic heterocycles. The highest BCUT2D eigenvalue weighted by atomic mass is 16.5. The van der Waals surface area contributed by atoms with Crippen molar-refractivity contribution in [3.8, 4) is 11.3 Å². The van der Waals surface area contributed by atoms with Crippen molar-refractivity contribution in [2.75, 3.05) is 32.0 Å². The number of hydroxylamine groups is 1. The first kappa shape index (κ1) is 30.4. The van der Waals surface area contributed by atoms with Gasteiger partial charge in [0.15, 0.2) is 0 Å². The van der Waals surface area contributed by atoms with Crippen molar-refractivity contribution < 1.29 is 14.8 Å². The molecule has 2 heterocycles. The monoisotopic (exact) mass is 545 g/mol. The Morgan fingerprint density at radius 1 is 1.00 bits per heavy atom. The lowest BCUT2D eigenvalue weighted by Crippen LogP contribution is -2.25. The summed E-state index contributed by atoms with van der Waals surface area (Å²) in [4.78, 5) is 33.5. The minimum Gasteiger partial charge on any atom is -0.363 e. The summed E-state index contributed by atoms with van der Waals surface area (Å²) in [6, 6.07) is 19.8. The molecule has 0 aliphatic carbocycles. The summed E-state index contributed by atoms with van der Waals surface area (Å²) < 4.78 is 0. The Balaban J connectivity index is 0.000000270. The van der Waals surface area contributed by atoms with Gasteiger partial charge in [0, 0.05) is 36.8 Å². The number of rotatable bonds is 14. The van der Waals surface area contributed by atoms with Crippen molar-refractivity contribution in [1.82, 2.24) is 31.1 Å². The van der Waals surface area contributed by atoms with E-state index < -0.39 is 0 Å². The number of aromatic amines is 1. The highest BCUT2D eigenvalue weighted by molar-refractivity contribution is 5.91. The summed E-state index contributed by atoms with van der Waals surface area (Å²) >= 11 is 0. The molecular formula is C30H39N7O3. The van der Waals surface area contributed by atoms with E-state index >= 15 is 0 Å². The van der Waals surface area contributed by atoms with Gasteiger partial charge in [0.25, 0.3) is 0 Å². The number of amides is 1. The average Bonchev–Trinajstić information content (AvgIpc) is 3.45. The molecule has 4 aromatic rings. The zero-order valence-electron chi connectivity index (χ0n) is 23.1. The fourth-order valence-corrected chi connectivity index (χ4v) is 4.09. The minimum absolute atomic E-state index is 0.125.